The number of nitrogens with two attached hydrogens (primary N) is 1. The second kappa shape index (κ2) is 2.91. The van der Waals surface area contributed by atoms with Gasteiger partial charge in [0.05, 0.1) is 0 Å². The summed E-state index contributed by atoms with van der Waals surface area (Å²) in [6.45, 7) is 0. The highest BCUT2D eigenvalue weighted by atomic mass is 32.1. The first kappa shape index (κ1) is 7.24. The van der Waals surface area contributed by atoms with E-state index in [1.165, 1.54) is 11.3 Å². The van der Waals surface area contributed by atoms with Crippen LogP contribution in [0.15, 0.2) is 24.3 Å². The van der Waals surface area contributed by atoms with E-state index in [0.717, 1.165) is 16.3 Å². The molecular formula is C8H6N3S. The lowest BCUT2D eigenvalue weighted by Crippen LogP contribution is -1.88. The van der Waals surface area contributed by atoms with Gasteiger partial charge in [-0.05, 0) is 12.1 Å². The Bertz CT molecular complexity index is 370. The number of rotatable bonds is 1. The van der Waals surface area contributed by atoms with Crippen molar-refractivity contribution in [2.45, 2.75) is 0 Å². The summed E-state index contributed by atoms with van der Waals surface area (Å²) in [5, 5.41) is 8.32. The number of hydrogen-bond acceptors (Lipinski definition) is 4. The molecule has 59 valence electrons. The Labute approximate surface area is 73.9 Å². The first-order valence-corrected chi connectivity index (χ1v) is 4.24. The van der Waals surface area contributed by atoms with Crippen molar-refractivity contribution >= 4 is 17.0 Å². The van der Waals surface area contributed by atoms with Crippen molar-refractivity contribution in [2.24, 2.45) is 0 Å². The summed E-state index contributed by atoms with van der Waals surface area (Å²) in [7, 11) is 0. The molecule has 2 N–H and O–H groups in total. The summed E-state index contributed by atoms with van der Waals surface area (Å²) >= 11 is 1.36. The van der Waals surface area contributed by atoms with Crippen LogP contribution in [0.3, 0.4) is 0 Å². The largest absolute Gasteiger partial charge is 0.398 e. The van der Waals surface area contributed by atoms with E-state index in [1.807, 2.05) is 24.3 Å². The zero-order valence-corrected chi connectivity index (χ0v) is 7.01. The fraction of sp³-hybridized carbons (Fsp3) is 0. The van der Waals surface area contributed by atoms with E-state index in [-0.39, 0.29) is 0 Å². The standard InChI is InChI=1S/C8H6N3S/c9-7-4-2-1-3-6(7)8-11-10-5-12-8/h1-4H,9H2. The lowest BCUT2D eigenvalue weighted by atomic mass is 10.2. The van der Waals surface area contributed by atoms with E-state index in [2.05, 4.69) is 15.7 Å². The molecule has 0 spiro atoms. The maximum Gasteiger partial charge on any atom is 0.178 e. The summed E-state index contributed by atoms with van der Waals surface area (Å²) in [5.41, 5.74) is 10.1. The van der Waals surface area contributed by atoms with Crippen molar-refractivity contribution in [1.29, 1.82) is 0 Å². The quantitative estimate of drug-likeness (QED) is 0.671. The van der Waals surface area contributed by atoms with Gasteiger partial charge >= 0.3 is 0 Å². The molecule has 0 aliphatic carbocycles. The van der Waals surface area contributed by atoms with Crippen molar-refractivity contribution in [3.05, 3.63) is 29.8 Å². The highest BCUT2D eigenvalue weighted by Gasteiger charge is 2.03. The maximum absolute atomic E-state index is 5.74. The monoisotopic (exact) mass is 176 g/mol. The SMILES string of the molecule is Nc1ccccc1-c1nn[c]s1. The molecule has 2 rings (SSSR count). The molecule has 3 nitrogen and oxygen atoms in total. The molecule has 0 saturated carbocycles. The molecular weight excluding hydrogens is 170 g/mol. The minimum atomic E-state index is 0.725. The molecule has 1 aromatic carbocycles. The smallest absolute Gasteiger partial charge is 0.178 e. The average molecular weight is 176 g/mol. The van der Waals surface area contributed by atoms with Crippen molar-refractivity contribution in [3.63, 3.8) is 0 Å². The number of nitrogen functional groups attached to an aromatic ring is 1. The summed E-state index contributed by atoms with van der Waals surface area (Å²) < 4.78 is 0. The van der Waals surface area contributed by atoms with Crippen LogP contribution in [-0.4, -0.2) is 10.2 Å². The van der Waals surface area contributed by atoms with E-state index in [1.54, 1.807) is 0 Å². The summed E-state index contributed by atoms with van der Waals surface area (Å²) in [6.07, 6.45) is 0. The maximum atomic E-state index is 5.74. The minimum Gasteiger partial charge on any atom is -0.398 e. The Hall–Kier alpha value is -1.42. The Morgan fingerprint density at radius 2 is 2.17 bits per heavy atom. The Morgan fingerprint density at radius 3 is 2.83 bits per heavy atom. The molecule has 1 heterocycles. The van der Waals surface area contributed by atoms with Crippen molar-refractivity contribution in [2.75, 3.05) is 5.73 Å². The number of anilines is 1. The van der Waals surface area contributed by atoms with Crippen molar-refractivity contribution in [3.8, 4) is 10.6 Å². The number of aromatic nitrogens is 2. The van der Waals surface area contributed by atoms with Gasteiger partial charge < -0.3 is 5.73 Å². The van der Waals surface area contributed by atoms with Gasteiger partial charge in [0.25, 0.3) is 0 Å². The molecule has 12 heavy (non-hydrogen) atoms. The molecule has 4 heteroatoms. The topological polar surface area (TPSA) is 51.8 Å². The number of nitrogens with zero attached hydrogens (tertiary/aromatic N) is 2. The second-order valence-electron chi connectivity index (χ2n) is 2.29. The third-order valence-corrected chi connectivity index (χ3v) is 2.18. The molecule has 0 bridgehead atoms. The molecule has 0 aliphatic rings. The van der Waals surface area contributed by atoms with Crippen LogP contribution in [0.5, 0.6) is 0 Å². The minimum absolute atomic E-state index is 0.725. The molecule has 2 aromatic rings. The van der Waals surface area contributed by atoms with Gasteiger partial charge in [0.2, 0.25) is 0 Å². The number of benzene rings is 1. The van der Waals surface area contributed by atoms with Gasteiger partial charge in [0.15, 0.2) is 5.51 Å². The van der Waals surface area contributed by atoms with Crippen LogP contribution >= 0.6 is 11.3 Å². The fourth-order valence-corrected chi connectivity index (χ4v) is 1.50. The highest BCUT2D eigenvalue weighted by molar-refractivity contribution is 7.12. The van der Waals surface area contributed by atoms with Gasteiger partial charge in [-0.2, -0.15) is 0 Å². The van der Waals surface area contributed by atoms with E-state index >= 15 is 0 Å². The highest BCUT2D eigenvalue weighted by Crippen LogP contribution is 2.25. The van der Waals surface area contributed by atoms with Gasteiger partial charge in [0.1, 0.15) is 5.01 Å². The third kappa shape index (κ3) is 1.16. The molecule has 0 atom stereocenters. The van der Waals surface area contributed by atoms with Crippen LogP contribution in [-0.2, 0) is 0 Å². The number of hydrogen-bond donors (Lipinski definition) is 1. The van der Waals surface area contributed by atoms with Crippen LogP contribution in [0.25, 0.3) is 10.6 Å². The first-order valence-electron chi connectivity index (χ1n) is 3.42. The molecule has 1 radical (unpaired) electrons. The molecule has 0 amide bonds. The van der Waals surface area contributed by atoms with Crippen LogP contribution < -0.4 is 5.73 Å². The number of para-hydroxylation sites is 1. The third-order valence-electron chi connectivity index (χ3n) is 1.52. The van der Waals surface area contributed by atoms with Gasteiger partial charge in [-0.3, -0.25) is 0 Å². The Balaban J connectivity index is 2.55. The van der Waals surface area contributed by atoms with E-state index < -0.39 is 0 Å². The van der Waals surface area contributed by atoms with Crippen molar-refractivity contribution in [1.82, 2.24) is 10.2 Å². The molecule has 0 saturated heterocycles. The van der Waals surface area contributed by atoms with Crippen LogP contribution in [0.1, 0.15) is 0 Å². The predicted octanol–water partition coefficient (Wildman–Crippen LogP) is 1.59. The average Bonchev–Trinajstić information content (AvgIpc) is 2.57. The second-order valence-corrected chi connectivity index (χ2v) is 3.06. The van der Waals surface area contributed by atoms with E-state index in [9.17, 15) is 0 Å². The van der Waals surface area contributed by atoms with Gasteiger partial charge in [-0.1, -0.05) is 23.5 Å². The van der Waals surface area contributed by atoms with E-state index in [0.29, 0.717) is 0 Å². The lowest BCUT2D eigenvalue weighted by molar-refractivity contribution is 1.09. The molecule has 0 unspecified atom stereocenters. The summed E-state index contributed by atoms with van der Waals surface area (Å²) in [4.78, 5) is 0. The molecule has 0 fully saturated rings. The fourth-order valence-electron chi connectivity index (χ4n) is 0.951. The van der Waals surface area contributed by atoms with Crippen LogP contribution in [0.4, 0.5) is 5.69 Å². The van der Waals surface area contributed by atoms with Gasteiger partial charge in [-0.25, -0.2) is 0 Å². The Kier molecular flexibility index (Phi) is 1.75. The lowest BCUT2D eigenvalue weighted by Gasteiger charge is -1.98. The van der Waals surface area contributed by atoms with Crippen LogP contribution in [0.2, 0.25) is 0 Å². The van der Waals surface area contributed by atoms with Crippen LogP contribution in [0, 0.1) is 5.51 Å². The van der Waals surface area contributed by atoms with E-state index in [4.69, 9.17) is 5.73 Å². The molecule has 1 aromatic heterocycles. The van der Waals surface area contributed by atoms with Gasteiger partial charge in [0, 0.05) is 11.3 Å². The molecule has 0 aliphatic heterocycles. The first-order chi connectivity index (χ1) is 5.88. The zero-order chi connectivity index (χ0) is 8.39. The zero-order valence-electron chi connectivity index (χ0n) is 6.19. The summed E-state index contributed by atoms with van der Waals surface area (Å²) in [6, 6.07) is 7.58. The van der Waals surface area contributed by atoms with Gasteiger partial charge in [-0.15, -0.1) is 10.2 Å². The normalized spacial score (nSPS) is 10.0. The van der Waals surface area contributed by atoms with Crippen molar-refractivity contribution < 1.29 is 0 Å². The predicted molar refractivity (Wildman–Crippen MR) is 48.6 cm³/mol. The Morgan fingerprint density at radius 1 is 1.33 bits per heavy atom. The summed E-state index contributed by atoms with van der Waals surface area (Å²) in [5.74, 6) is 0.